The van der Waals surface area contributed by atoms with Crippen LogP contribution in [0.5, 0.6) is 5.75 Å². The third-order valence-electron chi connectivity index (χ3n) is 5.60. The van der Waals surface area contributed by atoms with Crippen LogP contribution in [0.25, 0.3) is 0 Å². The molecule has 7 heteroatoms. The highest BCUT2D eigenvalue weighted by Gasteiger charge is 2.43. The molecule has 27 heavy (non-hydrogen) atoms. The van der Waals surface area contributed by atoms with Gasteiger partial charge in [0.25, 0.3) is 5.91 Å². The number of hydrogen-bond donors (Lipinski definition) is 2. The second-order valence-corrected chi connectivity index (χ2v) is 7.60. The molecule has 142 valence electrons. The number of nitrogen functional groups attached to an aromatic ring is 1. The van der Waals surface area contributed by atoms with Gasteiger partial charge in [0.05, 0.1) is 5.69 Å². The van der Waals surface area contributed by atoms with Gasteiger partial charge in [-0.25, -0.2) is 9.97 Å². The molecular weight excluding hydrogens is 342 g/mol. The highest BCUT2D eigenvalue weighted by atomic mass is 16.5. The van der Waals surface area contributed by atoms with Crippen LogP contribution >= 0.6 is 0 Å². The van der Waals surface area contributed by atoms with Crippen molar-refractivity contribution in [2.75, 3.05) is 25.4 Å². The Morgan fingerprint density at radius 1 is 1.33 bits per heavy atom. The number of carbonyl (C=O) groups excluding carboxylic acids is 1. The average Bonchev–Trinajstić information content (AvgIpc) is 2.98. The largest absolute Gasteiger partial charge is 0.484 e. The van der Waals surface area contributed by atoms with E-state index in [4.69, 9.17) is 16.2 Å². The smallest absolute Gasteiger partial charge is 0.255 e. The van der Waals surface area contributed by atoms with Crippen LogP contribution in [0.4, 0.5) is 5.95 Å². The van der Waals surface area contributed by atoms with Gasteiger partial charge in [0.1, 0.15) is 5.75 Å². The van der Waals surface area contributed by atoms with Gasteiger partial charge in [-0.2, -0.15) is 0 Å². The third-order valence-corrected chi connectivity index (χ3v) is 5.60. The van der Waals surface area contributed by atoms with E-state index >= 15 is 0 Å². The Morgan fingerprint density at radius 3 is 3.07 bits per heavy atom. The molecule has 0 bridgehead atoms. The number of benzene rings is 1. The summed E-state index contributed by atoms with van der Waals surface area (Å²) in [6.07, 6.45) is 6.32. The summed E-state index contributed by atoms with van der Waals surface area (Å²) < 4.78 is 5.43. The molecule has 0 saturated carbocycles. The lowest BCUT2D eigenvalue weighted by Crippen LogP contribution is -2.45. The first kappa shape index (κ1) is 17.7. The maximum atomic E-state index is 10.9. The molecule has 2 aliphatic rings. The zero-order valence-electron chi connectivity index (χ0n) is 15.4. The summed E-state index contributed by atoms with van der Waals surface area (Å²) in [5.41, 5.74) is 14.7. The Kier molecular flexibility index (Phi) is 4.70. The molecule has 1 fully saturated rings. The molecule has 1 saturated heterocycles. The van der Waals surface area contributed by atoms with E-state index in [9.17, 15) is 4.79 Å². The molecule has 4 rings (SSSR count). The molecule has 2 heterocycles. The molecule has 1 aliphatic carbocycles. The van der Waals surface area contributed by atoms with E-state index in [0.717, 1.165) is 56.6 Å². The SMILES string of the molecule is NC(=O)COc1cccc(CN2CCCC3(CCc4cnc(N)nc43)C2)c1. The van der Waals surface area contributed by atoms with Crippen LogP contribution in [0.15, 0.2) is 30.5 Å². The predicted molar refractivity (Wildman–Crippen MR) is 102 cm³/mol. The van der Waals surface area contributed by atoms with E-state index in [1.54, 1.807) is 0 Å². The number of anilines is 1. The second-order valence-electron chi connectivity index (χ2n) is 7.60. The predicted octanol–water partition coefficient (Wildman–Crippen LogP) is 1.40. The molecule has 0 radical (unpaired) electrons. The second kappa shape index (κ2) is 7.15. The summed E-state index contributed by atoms with van der Waals surface area (Å²) >= 11 is 0. The lowest BCUT2D eigenvalue weighted by atomic mass is 9.77. The molecule has 7 nitrogen and oxygen atoms in total. The van der Waals surface area contributed by atoms with Gasteiger partial charge in [-0.15, -0.1) is 0 Å². The molecule has 2 aromatic rings. The minimum atomic E-state index is -0.473. The van der Waals surface area contributed by atoms with Gasteiger partial charge < -0.3 is 16.2 Å². The van der Waals surface area contributed by atoms with E-state index < -0.39 is 5.91 Å². The Balaban J connectivity index is 1.48. The van der Waals surface area contributed by atoms with Crippen molar-refractivity contribution in [2.45, 2.75) is 37.6 Å². The normalized spacial score (nSPS) is 21.9. The van der Waals surface area contributed by atoms with Gasteiger partial charge in [-0.1, -0.05) is 12.1 Å². The third kappa shape index (κ3) is 3.73. The minimum absolute atomic E-state index is 0.0880. The van der Waals surface area contributed by atoms with Gasteiger partial charge in [-0.3, -0.25) is 9.69 Å². The average molecular weight is 367 g/mol. The summed E-state index contributed by atoms with van der Waals surface area (Å²) in [5.74, 6) is 0.565. The quantitative estimate of drug-likeness (QED) is 0.827. The summed E-state index contributed by atoms with van der Waals surface area (Å²) in [5, 5.41) is 0. The number of aromatic nitrogens is 2. The monoisotopic (exact) mass is 367 g/mol. The number of likely N-dealkylation sites (tertiary alicyclic amines) is 1. The van der Waals surface area contributed by atoms with Crippen LogP contribution in [0, 0.1) is 0 Å². The fourth-order valence-corrected chi connectivity index (χ4v) is 4.46. The van der Waals surface area contributed by atoms with Gasteiger partial charge in [0.2, 0.25) is 5.95 Å². The number of aryl methyl sites for hydroxylation is 1. The first-order valence-corrected chi connectivity index (χ1v) is 9.38. The van der Waals surface area contributed by atoms with Crippen molar-refractivity contribution in [3.05, 3.63) is 47.3 Å². The van der Waals surface area contributed by atoms with Crippen molar-refractivity contribution in [2.24, 2.45) is 5.73 Å². The number of nitrogens with zero attached hydrogens (tertiary/aromatic N) is 3. The molecule has 1 spiro atoms. The number of nitrogens with two attached hydrogens (primary N) is 2. The lowest BCUT2D eigenvalue weighted by molar-refractivity contribution is -0.119. The lowest BCUT2D eigenvalue weighted by Gasteiger charge is -2.40. The maximum Gasteiger partial charge on any atom is 0.255 e. The van der Waals surface area contributed by atoms with E-state index in [-0.39, 0.29) is 12.0 Å². The molecular formula is C20H25N5O2. The van der Waals surface area contributed by atoms with Crippen molar-refractivity contribution >= 4 is 11.9 Å². The van der Waals surface area contributed by atoms with E-state index in [0.29, 0.717) is 11.7 Å². The highest BCUT2D eigenvalue weighted by molar-refractivity contribution is 5.75. The summed E-state index contributed by atoms with van der Waals surface area (Å²) in [4.78, 5) is 22.2. The zero-order chi connectivity index (χ0) is 18.9. The first-order valence-electron chi connectivity index (χ1n) is 9.38. The number of amides is 1. The van der Waals surface area contributed by atoms with E-state index in [2.05, 4.69) is 20.9 Å². The Hall–Kier alpha value is -2.67. The van der Waals surface area contributed by atoms with Gasteiger partial charge in [-0.05, 0) is 55.5 Å². The van der Waals surface area contributed by atoms with Crippen molar-refractivity contribution in [1.82, 2.24) is 14.9 Å². The van der Waals surface area contributed by atoms with Crippen molar-refractivity contribution < 1.29 is 9.53 Å². The van der Waals surface area contributed by atoms with Crippen LogP contribution < -0.4 is 16.2 Å². The van der Waals surface area contributed by atoms with Gasteiger partial charge in [0, 0.05) is 24.7 Å². The van der Waals surface area contributed by atoms with Crippen LogP contribution in [0.3, 0.4) is 0 Å². The van der Waals surface area contributed by atoms with Crippen molar-refractivity contribution in [3.63, 3.8) is 0 Å². The minimum Gasteiger partial charge on any atom is -0.484 e. The number of carbonyl (C=O) groups is 1. The molecule has 1 aliphatic heterocycles. The molecule has 1 atom stereocenters. The topological polar surface area (TPSA) is 107 Å². The molecule has 1 aromatic carbocycles. The molecule has 1 amide bonds. The summed E-state index contributed by atoms with van der Waals surface area (Å²) in [6, 6.07) is 7.86. The fraction of sp³-hybridized carbons (Fsp3) is 0.450. The maximum absolute atomic E-state index is 10.9. The number of fused-ring (bicyclic) bond motifs is 2. The number of ether oxygens (including phenoxy) is 1. The summed E-state index contributed by atoms with van der Waals surface area (Å²) in [6.45, 7) is 2.77. The molecule has 4 N–H and O–H groups in total. The Bertz CT molecular complexity index is 852. The van der Waals surface area contributed by atoms with Crippen LogP contribution in [-0.2, 0) is 23.2 Å². The van der Waals surface area contributed by atoms with E-state index in [1.807, 2.05) is 24.4 Å². The Morgan fingerprint density at radius 2 is 2.22 bits per heavy atom. The van der Waals surface area contributed by atoms with Crippen molar-refractivity contribution in [1.29, 1.82) is 0 Å². The van der Waals surface area contributed by atoms with E-state index in [1.165, 1.54) is 5.56 Å². The van der Waals surface area contributed by atoms with Crippen LogP contribution in [0.2, 0.25) is 0 Å². The Labute approximate surface area is 158 Å². The zero-order valence-corrected chi connectivity index (χ0v) is 15.4. The van der Waals surface area contributed by atoms with Gasteiger partial charge in [0.15, 0.2) is 6.61 Å². The highest BCUT2D eigenvalue weighted by Crippen LogP contribution is 2.44. The molecule has 1 unspecified atom stereocenters. The fourth-order valence-electron chi connectivity index (χ4n) is 4.46. The number of rotatable bonds is 5. The number of primary amides is 1. The van der Waals surface area contributed by atoms with Crippen LogP contribution in [-0.4, -0.2) is 40.5 Å². The summed E-state index contributed by atoms with van der Waals surface area (Å²) in [7, 11) is 0. The first-order chi connectivity index (χ1) is 13.0. The number of hydrogen-bond acceptors (Lipinski definition) is 6. The molecule has 1 aromatic heterocycles. The standard InChI is InChI=1S/C20H25N5O2/c21-17(26)12-27-16-4-1-3-14(9-16)11-25-8-2-6-20(13-25)7-5-15-10-23-19(22)24-18(15)20/h1,3-4,9-10H,2,5-8,11-13H2,(H2,21,26)(H2,22,23,24). The van der Waals surface area contributed by atoms with Crippen molar-refractivity contribution in [3.8, 4) is 5.75 Å². The van der Waals surface area contributed by atoms with Crippen LogP contribution in [0.1, 0.15) is 36.1 Å². The number of piperidine rings is 1. The van der Waals surface area contributed by atoms with Gasteiger partial charge >= 0.3 is 0 Å².